The Morgan fingerprint density at radius 1 is 1.24 bits per heavy atom. The van der Waals surface area contributed by atoms with Crippen molar-refractivity contribution < 1.29 is 36.6 Å². The van der Waals surface area contributed by atoms with Gasteiger partial charge in [0.2, 0.25) is 11.8 Å². The molecule has 196 valence electrons. The molecule has 2 N–H and O–H groups in total. The van der Waals surface area contributed by atoms with Gasteiger partial charge in [-0.25, -0.2) is 9.07 Å². The number of anilines is 1. The average Bonchev–Trinajstić information content (AvgIpc) is 3.49. The van der Waals surface area contributed by atoms with Crippen molar-refractivity contribution in [3.63, 3.8) is 0 Å². The topological polar surface area (TPSA) is 94.5 Å². The predicted molar refractivity (Wildman–Crippen MR) is 126 cm³/mol. The van der Waals surface area contributed by atoms with E-state index in [4.69, 9.17) is 9.47 Å². The molecule has 1 saturated heterocycles. The van der Waals surface area contributed by atoms with Crippen LogP contribution >= 0.6 is 0 Å². The van der Waals surface area contributed by atoms with Crippen molar-refractivity contribution in [2.24, 2.45) is 5.92 Å². The summed E-state index contributed by atoms with van der Waals surface area (Å²) in [4.78, 5) is 24.1. The zero-order valence-corrected chi connectivity index (χ0v) is 19.9. The van der Waals surface area contributed by atoms with Gasteiger partial charge < -0.3 is 20.1 Å². The van der Waals surface area contributed by atoms with Gasteiger partial charge in [0, 0.05) is 30.7 Å². The molecule has 37 heavy (non-hydrogen) atoms. The highest BCUT2D eigenvalue weighted by Gasteiger charge is 2.36. The van der Waals surface area contributed by atoms with Crippen LogP contribution in [0.4, 0.5) is 23.4 Å². The number of carbonyl (C=O) groups excluding carboxylic acids is 2. The first-order chi connectivity index (χ1) is 17.5. The maximum absolute atomic E-state index is 14.0. The summed E-state index contributed by atoms with van der Waals surface area (Å²) in [6.07, 6.45) is -6.36. The van der Waals surface area contributed by atoms with Gasteiger partial charge in [0.15, 0.2) is 23.5 Å². The van der Waals surface area contributed by atoms with E-state index in [1.54, 1.807) is 30.3 Å². The monoisotopic (exact) mass is 520 g/mol. The summed E-state index contributed by atoms with van der Waals surface area (Å²) in [5, 5.41) is 9.75. The largest absolute Gasteiger partial charge is 0.494 e. The van der Waals surface area contributed by atoms with E-state index < -0.39 is 29.9 Å². The number of hydrogen-bond donors (Lipinski definition) is 2. The molecule has 1 aliphatic rings. The maximum atomic E-state index is 14.0. The van der Waals surface area contributed by atoms with Crippen LogP contribution in [0.1, 0.15) is 18.9 Å². The summed E-state index contributed by atoms with van der Waals surface area (Å²) in [5.74, 6) is -1.59. The summed E-state index contributed by atoms with van der Waals surface area (Å²) < 4.78 is 64.0. The smallest absolute Gasteiger partial charge is 0.414 e. The van der Waals surface area contributed by atoms with E-state index in [9.17, 15) is 27.2 Å². The molecule has 0 spiro atoms. The number of methoxy groups -OCH3 is 1. The van der Waals surface area contributed by atoms with Crippen molar-refractivity contribution >= 4 is 17.6 Å². The quantitative estimate of drug-likeness (QED) is 0.434. The first kappa shape index (κ1) is 26.1. The average molecular weight is 520 g/mol. The Kier molecular flexibility index (Phi) is 7.48. The van der Waals surface area contributed by atoms with Gasteiger partial charge in [-0.05, 0) is 30.7 Å². The molecule has 0 bridgehead atoms. The molecule has 0 saturated carbocycles. The van der Waals surface area contributed by atoms with Gasteiger partial charge in [-0.15, -0.1) is 5.10 Å². The fourth-order valence-corrected chi connectivity index (χ4v) is 3.78. The van der Waals surface area contributed by atoms with Crippen molar-refractivity contribution in [2.45, 2.75) is 32.2 Å². The van der Waals surface area contributed by atoms with Crippen LogP contribution in [0.5, 0.6) is 5.75 Å². The van der Waals surface area contributed by atoms with E-state index in [1.165, 1.54) is 30.0 Å². The van der Waals surface area contributed by atoms with Crippen molar-refractivity contribution in [2.75, 3.05) is 19.0 Å². The van der Waals surface area contributed by atoms with Crippen molar-refractivity contribution in [1.82, 2.24) is 15.1 Å². The fourth-order valence-electron chi connectivity index (χ4n) is 3.78. The highest BCUT2D eigenvalue weighted by Crippen LogP contribution is 2.30. The van der Waals surface area contributed by atoms with E-state index in [0.29, 0.717) is 22.5 Å². The molecule has 0 aliphatic carbocycles. The number of carbonyl (C=O) groups is 2. The SMILES string of the molecule is COc1cc(-n2nc(NC(=O)[C@@H]3CNC(=O)C3)cc2-c2cccc(CO[C@H](C)C(F)(F)F)c2)ccc1F. The summed E-state index contributed by atoms with van der Waals surface area (Å²) in [6.45, 7) is 0.869. The molecular formula is C25H24F4N4O4. The molecule has 0 unspecified atom stereocenters. The van der Waals surface area contributed by atoms with Gasteiger partial charge in [0.25, 0.3) is 0 Å². The third-order valence-corrected chi connectivity index (χ3v) is 5.87. The van der Waals surface area contributed by atoms with Gasteiger partial charge in [-0.1, -0.05) is 18.2 Å². The summed E-state index contributed by atoms with van der Waals surface area (Å²) >= 11 is 0. The number of benzene rings is 2. The van der Waals surface area contributed by atoms with Crippen molar-refractivity contribution in [1.29, 1.82) is 0 Å². The predicted octanol–water partition coefficient (Wildman–Crippen LogP) is 4.23. The van der Waals surface area contributed by atoms with Gasteiger partial charge >= 0.3 is 6.18 Å². The molecule has 12 heteroatoms. The first-order valence-electron chi connectivity index (χ1n) is 11.3. The van der Waals surface area contributed by atoms with Crippen molar-refractivity contribution in [3.05, 3.63) is 59.9 Å². The highest BCUT2D eigenvalue weighted by atomic mass is 19.4. The van der Waals surface area contributed by atoms with Crippen molar-refractivity contribution in [3.8, 4) is 22.7 Å². The third-order valence-electron chi connectivity index (χ3n) is 5.87. The molecule has 2 atom stereocenters. The minimum Gasteiger partial charge on any atom is -0.494 e. The van der Waals surface area contributed by atoms with E-state index in [0.717, 1.165) is 6.92 Å². The number of ether oxygens (including phenoxy) is 2. The number of amides is 2. The normalized spacial score (nSPS) is 16.4. The zero-order chi connectivity index (χ0) is 26.7. The zero-order valence-electron chi connectivity index (χ0n) is 19.9. The number of halogens is 4. The lowest BCUT2D eigenvalue weighted by atomic mass is 10.1. The second-order valence-electron chi connectivity index (χ2n) is 8.54. The Bertz CT molecular complexity index is 1310. The van der Waals surface area contributed by atoms with Gasteiger partial charge in [0.1, 0.15) is 0 Å². The molecule has 2 amide bonds. The van der Waals surface area contributed by atoms with Gasteiger partial charge in [-0.3, -0.25) is 9.59 Å². The lowest BCUT2D eigenvalue weighted by molar-refractivity contribution is -0.217. The van der Waals surface area contributed by atoms with Crippen LogP contribution in [0.2, 0.25) is 0 Å². The summed E-state index contributed by atoms with van der Waals surface area (Å²) in [5.41, 5.74) is 1.93. The number of nitrogens with zero attached hydrogens (tertiary/aromatic N) is 2. The number of alkyl halides is 3. The molecule has 8 nitrogen and oxygen atoms in total. The fraction of sp³-hybridized carbons (Fsp3) is 0.320. The molecule has 1 fully saturated rings. The summed E-state index contributed by atoms with van der Waals surface area (Å²) in [7, 11) is 1.32. The van der Waals surface area contributed by atoms with E-state index in [2.05, 4.69) is 15.7 Å². The summed E-state index contributed by atoms with van der Waals surface area (Å²) in [6, 6.07) is 12.3. The molecule has 2 heterocycles. The molecule has 2 aromatic carbocycles. The number of nitrogens with one attached hydrogen (secondary N) is 2. The molecular weight excluding hydrogens is 496 g/mol. The molecule has 3 aromatic rings. The highest BCUT2D eigenvalue weighted by molar-refractivity contribution is 5.97. The van der Waals surface area contributed by atoms with E-state index in [1.807, 2.05) is 0 Å². The second-order valence-corrected chi connectivity index (χ2v) is 8.54. The number of hydrogen-bond acceptors (Lipinski definition) is 5. The Hall–Kier alpha value is -3.93. The molecule has 4 rings (SSSR count). The Balaban J connectivity index is 1.68. The Morgan fingerprint density at radius 2 is 2.03 bits per heavy atom. The number of aromatic nitrogens is 2. The minimum absolute atomic E-state index is 0.0247. The Morgan fingerprint density at radius 3 is 2.70 bits per heavy atom. The molecule has 1 aromatic heterocycles. The van der Waals surface area contributed by atoms with E-state index >= 15 is 0 Å². The van der Waals surface area contributed by atoms with Crippen LogP contribution in [0, 0.1) is 11.7 Å². The van der Waals surface area contributed by atoms with Crippen LogP contribution in [-0.2, 0) is 20.9 Å². The van der Waals surface area contributed by atoms with Gasteiger partial charge in [0.05, 0.1) is 31.0 Å². The minimum atomic E-state index is -4.48. The second kappa shape index (κ2) is 10.6. The lowest BCUT2D eigenvalue weighted by Gasteiger charge is -2.16. The van der Waals surface area contributed by atoms with Crippen LogP contribution in [-0.4, -0.2) is 47.5 Å². The lowest BCUT2D eigenvalue weighted by Crippen LogP contribution is -2.28. The molecule has 0 radical (unpaired) electrons. The van der Waals surface area contributed by atoms with Crippen LogP contribution < -0.4 is 15.4 Å². The van der Waals surface area contributed by atoms with Gasteiger partial charge in [-0.2, -0.15) is 13.2 Å². The third kappa shape index (κ3) is 6.08. The van der Waals surface area contributed by atoms with Crippen LogP contribution in [0.25, 0.3) is 16.9 Å². The first-order valence-corrected chi connectivity index (χ1v) is 11.3. The maximum Gasteiger partial charge on any atom is 0.414 e. The molecule has 1 aliphatic heterocycles. The number of rotatable bonds is 8. The van der Waals surface area contributed by atoms with E-state index in [-0.39, 0.29) is 37.0 Å². The van der Waals surface area contributed by atoms with Crippen LogP contribution in [0.15, 0.2) is 48.5 Å². The standard InChI is InChI=1S/C25H24F4N4O4/c1-14(25(27,28)29)37-13-15-4-3-5-16(8-15)20-11-22(31-24(35)17-9-23(34)30-12-17)32-33(20)18-6-7-19(26)21(10-18)36-2/h3-8,10-11,14,17H,9,12-13H2,1-2H3,(H,30,34)(H,31,32,35)/t14-,17+/m1/s1. The Labute approximate surface area is 209 Å². The van der Waals surface area contributed by atoms with Crippen LogP contribution in [0.3, 0.4) is 0 Å².